The summed E-state index contributed by atoms with van der Waals surface area (Å²) in [4.78, 5) is 23.0. The van der Waals surface area contributed by atoms with E-state index in [1.54, 1.807) is 0 Å². The normalized spacial score (nSPS) is 15.8. The van der Waals surface area contributed by atoms with Crippen LogP contribution >= 0.6 is 0 Å². The average Bonchev–Trinajstić information content (AvgIpc) is 2.35. The average molecular weight is 167 g/mol. The molecule has 0 radical (unpaired) electrons. The van der Waals surface area contributed by atoms with Crippen LogP contribution in [0.5, 0.6) is 0 Å². The van der Waals surface area contributed by atoms with E-state index in [0.29, 0.717) is 19.5 Å². The molecule has 0 fully saturated rings. The molecule has 0 atom stereocenters. The Morgan fingerprint density at radius 1 is 1.33 bits per heavy atom. The van der Waals surface area contributed by atoms with Crippen LogP contribution in [0.3, 0.4) is 0 Å². The van der Waals surface area contributed by atoms with E-state index in [4.69, 9.17) is 5.53 Å². The number of imide groups is 1. The zero-order valence-electron chi connectivity index (χ0n) is 6.49. The van der Waals surface area contributed by atoms with Gasteiger partial charge in [-0.25, -0.2) is 5.53 Å². The van der Waals surface area contributed by atoms with Gasteiger partial charge in [0, 0.05) is 18.7 Å². The van der Waals surface area contributed by atoms with Crippen molar-refractivity contribution >= 4 is 11.8 Å². The summed E-state index contributed by atoms with van der Waals surface area (Å²) in [6, 6.07) is 0. The Bertz CT molecular complexity index is 229. The smallest absolute Gasteiger partial charge is 0.253 e. The van der Waals surface area contributed by atoms with E-state index in [2.05, 4.69) is 5.11 Å². The molecule has 0 saturated carbocycles. The fourth-order valence-corrected chi connectivity index (χ4v) is 0.959. The van der Waals surface area contributed by atoms with Crippen LogP contribution in [0.1, 0.15) is 6.42 Å². The van der Waals surface area contributed by atoms with E-state index in [1.165, 1.54) is 12.2 Å². The lowest BCUT2D eigenvalue weighted by molar-refractivity contribution is -0.136. The zero-order valence-corrected chi connectivity index (χ0v) is 6.49. The highest BCUT2D eigenvalue weighted by Gasteiger charge is 2.21. The SMILES string of the molecule is N=NCCCN1C(=O)C=CC1=O. The van der Waals surface area contributed by atoms with Gasteiger partial charge in [-0.3, -0.25) is 14.5 Å². The van der Waals surface area contributed by atoms with Gasteiger partial charge in [0.05, 0.1) is 6.54 Å². The fraction of sp³-hybridized carbons (Fsp3) is 0.429. The molecule has 0 unspecified atom stereocenters. The van der Waals surface area contributed by atoms with Gasteiger partial charge < -0.3 is 0 Å². The fourth-order valence-electron chi connectivity index (χ4n) is 0.959. The Morgan fingerprint density at radius 3 is 2.42 bits per heavy atom. The first-order valence-electron chi connectivity index (χ1n) is 3.62. The summed E-state index contributed by atoms with van der Waals surface area (Å²) in [6.07, 6.45) is 3.06. The topological polar surface area (TPSA) is 73.6 Å². The maximum atomic E-state index is 10.9. The molecular weight excluding hydrogens is 158 g/mol. The zero-order chi connectivity index (χ0) is 8.97. The quantitative estimate of drug-likeness (QED) is 0.372. The summed E-state index contributed by atoms with van der Waals surface area (Å²) < 4.78 is 0. The van der Waals surface area contributed by atoms with Crippen molar-refractivity contribution in [2.24, 2.45) is 5.11 Å². The first-order valence-corrected chi connectivity index (χ1v) is 3.62. The number of rotatable bonds is 4. The van der Waals surface area contributed by atoms with Crippen molar-refractivity contribution in [1.29, 1.82) is 5.53 Å². The van der Waals surface area contributed by atoms with Crippen LogP contribution in [0.25, 0.3) is 0 Å². The van der Waals surface area contributed by atoms with Crippen LogP contribution < -0.4 is 0 Å². The molecule has 0 aliphatic carbocycles. The summed E-state index contributed by atoms with van der Waals surface area (Å²) in [5, 5.41) is 3.13. The van der Waals surface area contributed by atoms with Crippen LogP contribution in [-0.4, -0.2) is 29.8 Å². The predicted octanol–water partition coefficient (Wildman–Crippen LogP) is 0.332. The second-order valence-corrected chi connectivity index (χ2v) is 2.40. The van der Waals surface area contributed by atoms with E-state index in [-0.39, 0.29) is 11.8 Å². The summed E-state index contributed by atoms with van der Waals surface area (Å²) >= 11 is 0. The number of carbonyl (C=O) groups excluding carboxylic acids is 2. The molecule has 0 aromatic heterocycles. The Hall–Kier alpha value is -1.52. The molecule has 1 rings (SSSR count). The molecule has 0 aromatic carbocycles. The third kappa shape index (κ3) is 1.75. The molecule has 1 N–H and O–H groups in total. The van der Waals surface area contributed by atoms with Gasteiger partial charge in [-0.2, -0.15) is 5.11 Å². The van der Waals surface area contributed by atoms with Crippen molar-refractivity contribution in [1.82, 2.24) is 4.90 Å². The number of hydrogen-bond donors (Lipinski definition) is 1. The molecule has 1 aliphatic heterocycles. The molecule has 2 amide bonds. The highest BCUT2D eigenvalue weighted by Crippen LogP contribution is 2.03. The Morgan fingerprint density at radius 2 is 1.92 bits per heavy atom. The molecule has 1 heterocycles. The summed E-state index contributed by atoms with van der Waals surface area (Å²) in [5.74, 6) is -0.546. The van der Waals surface area contributed by atoms with Crippen molar-refractivity contribution in [3.05, 3.63) is 12.2 Å². The minimum atomic E-state index is -0.273. The highest BCUT2D eigenvalue weighted by atomic mass is 16.2. The number of carbonyl (C=O) groups is 2. The first-order chi connectivity index (χ1) is 5.75. The minimum absolute atomic E-state index is 0.273. The standard InChI is InChI=1S/C7H9N3O2/c8-9-4-1-5-10-6(11)2-3-7(10)12/h2-3,8H,1,4-5H2. The van der Waals surface area contributed by atoms with E-state index < -0.39 is 0 Å². The predicted molar refractivity (Wildman–Crippen MR) is 40.5 cm³/mol. The van der Waals surface area contributed by atoms with Gasteiger partial charge in [-0.15, -0.1) is 0 Å². The lowest BCUT2D eigenvalue weighted by Crippen LogP contribution is -2.31. The largest absolute Gasteiger partial charge is 0.275 e. The van der Waals surface area contributed by atoms with Crippen LogP contribution in [-0.2, 0) is 9.59 Å². The highest BCUT2D eigenvalue weighted by molar-refractivity contribution is 6.12. The number of nitrogens with one attached hydrogen (secondary N) is 1. The van der Waals surface area contributed by atoms with Crippen LogP contribution in [0.15, 0.2) is 17.3 Å². The van der Waals surface area contributed by atoms with Crippen molar-refractivity contribution < 1.29 is 9.59 Å². The van der Waals surface area contributed by atoms with Gasteiger partial charge in [-0.05, 0) is 6.42 Å². The molecule has 12 heavy (non-hydrogen) atoms. The Balaban J connectivity index is 2.37. The number of hydrogen-bond acceptors (Lipinski definition) is 4. The minimum Gasteiger partial charge on any atom is -0.275 e. The van der Waals surface area contributed by atoms with Gasteiger partial charge >= 0.3 is 0 Å². The lowest BCUT2D eigenvalue weighted by Gasteiger charge is -2.11. The molecule has 5 heteroatoms. The van der Waals surface area contributed by atoms with E-state index in [1.807, 2.05) is 0 Å². The molecular formula is C7H9N3O2. The third-order valence-electron chi connectivity index (χ3n) is 1.55. The number of nitrogens with zero attached hydrogens (tertiary/aromatic N) is 2. The van der Waals surface area contributed by atoms with Crippen molar-refractivity contribution in [2.45, 2.75) is 6.42 Å². The molecule has 0 bridgehead atoms. The molecule has 5 nitrogen and oxygen atoms in total. The van der Waals surface area contributed by atoms with Gasteiger partial charge in [0.2, 0.25) is 0 Å². The van der Waals surface area contributed by atoms with Gasteiger partial charge in [0.15, 0.2) is 0 Å². The maximum absolute atomic E-state index is 10.9. The lowest BCUT2D eigenvalue weighted by atomic mass is 10.4. The monoisotopic (exact) mass is 167 g/mol. The summed E-state index contributed by atoms with van der Waals surface area (Å²) in [6.45, 7) is 0.712. The van der Waals surface area contributed by atoms with E-state index in [9.17, 15) is 9.59 Å². The van der Waals surface area contributed by atoms with E-state index >= 15 is 0 Å². The molecule has 0 aromatic rings. The van der Waals surface area contributed by atoms with Crippen molar-refractivity contribution in [3.63, 3.8) is 0 Å². The van der Waals surface area contributed by atoms with Crippen LogP contribution in [0.2, 0.25) is 0 Å². The van der Waals surface area contributed by atoms with Gasteiger partial charge in [0.1, 0.15) is 0 Å². The summed E-state index contributed by atoms with van der Waals surface area (Å²) in [7, 11) is 0. The summed E-state index contributed by atoms with van der Waals surface area (Å²) in [5.41, 5.74) is 6.50. The third-order valence-corrected chi connectivity index (χ3v) is 1.55. The second-order valence-electron chi connectivity index (χ2n) is 2.40. The van der Waals surface area contributed by atoms with Crippen molar-refractivity contribution in [3.8, 4) is 0 Å². The van der Waals surface area contributed by atoms with Crippen LogP contribution in [0, 0.1) is 5.53 Å². The van der Waals surface area contributed by atoms with Crippen LogP contribution in [0.4, 0.5) is 0 Å². The number of amides is 2. The van der Waals surface area contributed by atoms with Gasteiger partial charge in [-0.1, -0.05) is 0 Å². The second kappa shape index (κ2) is 3.75. The molecule has 0 saturated heterocycles. The maximum Gasteiger partial charge on any atom is 0.253 e. The van der Waals surface area contributed by atoms with Gasteiger partial charge in [0.25, 0.3) is 11.8 Å². The molecule has 64 valence electrons. The Kier molecular flexibility index (Phi) is 2.68. The Labute approximate surface area is 69.6 Å². The van der Waals surface area contributed by atoms with Crippen molar-refractivity contribution in [2.75, 3.05) is 13.1 Å². The first kappa shape index (κ1) is 8.58. The molecule has 1 aliphatic rings. The van der Waals surface area contributed by atoms with E-state index in [0.717, 1.165) is 4.90 Å². The molecule has 0 spiro atoms.